The van der Waals surface area contributed by atoms with E-state index in [1.165, 1.54) is 38.5 Å². The summed E-state index contributed by atoms with van der Waals surface area (Å²) in [5.74, 6) is 2.55. The Hall–Kier alpha value is -0.530. The second-order valence-electron chi connectivity index (χ2n) is 6.53. The maximum absolute atomic E-state index is 11.6. The van der Waals surface area contributed by atoms with E-state index >= 15 is 0 Å². The molecule has 0 aromatic heterocycles. The number of hydrogen-bond donors (Lipinski definition) is 2. The molecule has 0 aromatic rings. The van der Waals surface area contributed by atoms with Gasteiger partial charge in [0.15, 0.2) is 5.96 Å². The number of likely N-dealkylation sites (N-methyl/N-ethyl adjacent to an activating group) is 1. The average molecular weight is 422 g/mol. The van der Waals surface area contributed by atoms with Crippen molar-refractivity contribution in [1.29, 1.82) is 0 Å². The molecule has 2 fully saturated rings. The number of aliphatic imine (C=N–C) groups is 1. The van der Waals surface area contributed by atoms with Gasteiger partial charge in [0.25, 0.3) is 0 Å². The van der Waals surface area contributed by atoms with Crippen LogP contribution in [-0.4, -0.2) is 50.0 Å². The topological polar surface area (TPSA) is 56.7 Å². The summed E-state index contributed by atoms with van der Waals surface area (Å²) in [5, 5.41) is 6.74. The van der Waals surface area contributed by atoms with Crippen molar-refractivity contribution < 1.29 is 4.79 Å². The van der Waals surface area contributed by atoms with Crippen molar-refractivity contribution in [2.24, 2.45) is 16.8 Å². The zero-order valence-corrected chi connectivity index (χ0v) is 16.4. The lowest BCUT2D eigenvalue weighted by Gasteiger charge is -2.22. The molecule has 1 amide bonds. The summed E-state index contributed by atoms with van der Waals surface area (Å²) < 4.78 is 0. The van der Waals surface area contributed by atoms with Gasteiger partial charge in [0.05, 0.1) is 0 Å². The normalized spacial score (nSPS) is 25.1. The van der Waals surface area contributed by atoms with Crippen LogP contribution < -0.4 is 10.6 Å². The maximum atomic E-state index is 11.6. The molecule has 2 aliphatic rings. The number of nitrogens with one attached hydrogen (secondary N) is 2. The quantitative estimate of drug-likeness (QED) is 0.406. The van der Waals surface area contributed by atoms with Crippen LogP contribution in [0.1, 0.15) is 45.4 Å². The first-order chi connectivity index (χ1) is 10.1. The number of guanidine groups is 1. The molecule has 0 radical (unpaired) electrons. The van der Waals surface area contributed by atoms with Gasteiger partial charge in [-0.1, -0.05) is 32.1 Å². The van der Waals surface area contributed by atoms with E-state index in [0.717, 1.165) is 24.3 Å². The van der Waals surface area contributed by atoms with E-state index in [2.05, 4.69) is 22.5 Å². The monoisotopic (exact) mass is 422 g/mol. The molecule has 0 spiro atoms. The lowest BCUT2D eigenvalue weighted by atomic mass is 9.85. The fourth-order valence-electron chi connectivity index (χ4n) is 3.25. The minimum atomic E-state index is 0. The van der Waals surface area contributed by atoms with Crippen molar-refractivity contribution in [3.8, 4) is 0 Å². The van der Waals surface area contributed by atoms with Gasteiger partial charge in [0.2, 0.25) is 5.91 Å². The second kappa shape index (κ2) is 9.57. The van der Waals surface area contributed by atoms with Gasteiger partial charge >= 0.3 is 0 Å². The molecule has 5 nitrogen and oxygen atoms in total. The Morgan fingerprint density at radius 1 is 1.23 bits per heavy atom. The van der Waals surface area contributed by atoms with E-state index in [-0.39, 0.29) is 36.4 Å². The fourth-order valence-corrected chi connectivity index (χ4v) is 3.25. The molecule has 2 unspecified atom stereocenters. The van der Waals surface area contributed by atoms with Gasteiger partial charge in [0, 0.05) is 26.7 Å². The third-order valence-electron chi connectivity index (χ3n) is 4.63. The molecule has 2 atom stereocenters. The van der Waals surface area contributed by atoms with Gasteiger partial charge in [-0.25, -0.2) is 4.99 Å². The number of halogens is 1. The average Bonchev–Trinajstić information content (AvgIpc) is 3.24. The third kappa shape index (κ3) is 5.93. The number of amides is 1. The van der Waals surface area contributed by atoms with Gasteiger partial charge in [-0.3, -0.25) is 4.79 Å². The Morgan fingerprint density at radius 3 is 2.50 bits per heavy atom. The molecule has 6 heteroatoms. The first-order valence-electron chi connectivity index (χ1n) is 8.36. The van der Waals surface area contributed by atoms with Crippen molar-refractivity contribution >= 4 is 35.8 Å². The fraction of sp³-hybridized carbons (Fsp3) is 0.875. The van der Waals surface area contributed by atoms with E-state index < -0.39 is 0 Å². The molecule has 2 saturated carbocycles. The Kier molecular flexibility index (Phi) is 8.49. The zero-order valence-electron chi connectivity index (χ0n) is 14.1. The van der Waals surface area contributed by atoms with Crippen LogP contribution in [0.3, 0.4) is 0 Å². The van der Waals surface area contributed by atoms with Crippen LogP contribution in [-0.2, 0) is 4.79 Å². The standard InChI is InChI=1S/C16H30N4O.HI/c1-4-17-16(18-11-15(21)20(2)3)19-14-10-13(14)12-8-6-5-7-9-12;/h12-14H,4-11H2,1-3H3,(H2,17,18,19);1H. The number of rotatable bonds is 5. The van der Waals surface area contributed by atoms with E-state index in [0.29, 0.717) is 6.04 Å². The van der Waals surface area contributed by atoms with Crippen LogP contribution in [0, 0.1) is 11.8 Å². The number of hydrogen-bond acceptors (Lipinski definition) is 2. The van der Waals surface area contributed by atoms with E-state index in [9.17, 15) is 4.79 Å². The van der Waals surface area contributed by atoms with Crippen LogP contribution in [0.4, 0.5) is 0 Å². The first kappa shape index (κ1) is 19.5. The van der Waals surface area contributed by atoms with E-state index in [1.807, 2.05) is 0 Å². The van der Waals surface area contributed by atoms with Crippen LogP contribution in [0.15, 0.2) is 4.99 Å². The second-order valence-corrected chi connectivity index (χ2v) is 6.53. The highest BCUT2D eigenvalue weighted by molar-refractivity contribution is 14.0. The maximum Gasteiger partial charge on any atom is 0.243 e. The molecule has 22 heavy (non-hydrogen) atoms. The summed E-state index contributed by atoms with van der Waals surface area (Å²) in [5.41, 5.74) is 0. The van der Waals surface area contributed by atoms with Gasteiger partial charge in [0.1, 0.15) is 6.54 Å². The van der Waals surface area contributed by atoms with Crippen molar-refractivity contribution in [3.05, 3.63) is 0 Å². The smallest absolute Gasteiger partial charge is 0.243 e. The first-order valence-corrected chi connectivity index (χ1v) is 8.36. The summed E-state index contributed by atoms with van der Waals surface area (Å²) in [6.07, 6.45) is 8.28. The van der Waals surface area contributed by atoms with Crippen LogP contribution in [0.2, 0.25) is 0 Å². The lowest BCUT2D eigenvalue weighted by Crippen LogP contribution is -2.40. The molecular formula is C16H31IN4O. The van der Waals surface area contributed by atoms with Crippen LogP contribution in [0.25, 0.3) is 0 Å². The summed E-state index contributed by atoms with van der Waals surface area (Å²) in [4.78, 5) is 17.6. The minimum absolute atomic E-state index is 0. The zero-order chi connectivity index (χ0) is 15.2. The summed E-state index contributed by atoms with van der Waals surface area (Å²) >= 11 is 0. The molecule has 0 bridgehead atoms. The van der Waals surface area contributed by atoms with E-state index in [1.54, 1.807) is 19.0 Å². The van der Waals surface area contributed by atoms with Gasteiger partial charge in [-0.05, 0) is 25.2 Å². The number of carbonyl (C=O) groups is 1. The van der Waals surface area contributed by atoms with Crippen LogP contribution in [0.5, 0.6) is 0 Å². The Balaban J connectivity index is 0.00000242. The molecule has 0 heterocycles. The summed E-state index contributed by atoms with van der Waals surface area (Å²) in [7, 11) is 3.52. The molecule has 2 N–H and O–H groups in total. The highest BCUT2D eigenvalue weighted by Crippen LogP contribution is 2.44. The third-order valence-corrected chi connectivity index (χ3v) is 4.63. The minimum Gasteiger partial charge on any atom is -0.357 e. The Labute approximate surface area is 151 Å². The van der Waals surface area contributed by atoms with Gasteiger partial charge in [-0.15, -0.1) is 24.0 Å². The molecule has 0 saturated heterocycles. The lowest BCUT2D eigenvalue weighted by molar-refractivity contribution is -0.127. The predicted molar refractivity (Wildman–Crippen MR) is 102 cm³/mol. The molecule has 2 aliphatic carbocycles. The summed E-state index contributed by atoms with van der Waals surface area (Å²) in [6.45, 7) is 3.09. The van der Waals surface area contributed by atoms with Crippen molar-refractivity contribution in [1.82, 2.24) is 15.5 Å². The predicted octanol–water partition coefficient (Wildman–Crippen LogP) is 2.22. The Bertz CT molecular complexity index is 380. The van der Waals surface area contributed by atoms with Crippen molar-refractivity contribution in [3.63, 3.8) is 0 Å². The SMILES string of the molecule is CCNC(=NCC(=O)N(C)C)NC1CC1C1CCCCC1.I. The highest BCUT2D eigenvalue weighted by atomic mass is 127. The Morgan fingerprint density at radius 2 is 1.91 bits per heavy atom. The number of carbonyl (C=O) groups excluding carboxylic acids is 1. The van der Waals surface area contributed by atoms with Crippen molar-refractivity contribution in [2.45, 2.75) is 51.5 Å². The molecule has 0 aliphatic heterocycles. The number of nitrogens with zero attached hydrogens (tertiary/aromatic N) is 2. The van der Waals surface area contributed by atoms with Gasteiger partial charge < -0.3 is 15.5 Å². The van der Waals surface area contributed by atoms with E-state index in [4.69, 9.17) is 0 Å². The van der Waals surface area contributed by atoms with Crippen molar-refractivity contribution in [2.75, 3.05) is 27.2 Å². The highest BCUT2D eigenvalue weighted by Gasteiger charge is 2.43. The summed E-state index contributed by atoms with van der Waals surface area (Å²) in [6, 6.07) is 0.556. The van der Waals surface area contributed by atoms with Gasteiger partial charge in [-0.2, -0.15) is 0 Å². The molecule has 128 valence electrons. The molecular weight excluding hydrogens is 391 g/mol. The largest absolute Gasteiger partial charge is 0.357 e. The molecule has 0 aromatic carbocycles. The molecule has 2 rings (SSSR count). The van der Waals surface area contributed by atoms with Crippen LogP contribution >= 0.6 is 24.0 Å².